The van der Waals surface area contributed by atoms with Crippen LogP contribution in [0.1, 0.15) is 41.0 Å². The van der Waals surface area contributed by atoms with Crippen molar-refractivity contribution in [3.63, 3.8) is 0 Å². The summed E-state index contributed by atoms with van der Waals surface area (Å²) in [4.78, 5) is 42.9. The van der Waals surface area contributed by atoms with Gasteiger partial charge in [-0.15, -0.1) is 0 Å². The quantitative estimate of drug-likeness (QED) is 0.0531. The standard InChI is InChI=1S/C8H14O7S.C8H6O4.C4H10O3.C2H6O2.Na/c1-3-14-7(9)5-6(16(11,12)13)8(10)15-4-2;9-7(10)5-2-1-3-6(4-5)8(11)12;5-1-3-7-4-2-6;3-1-2-4;/h6H,3-5H2,1-2H3,(H,11,12,13);1-4H,(H,9,10)(H,11,12);5-6H,1-4H2;3-4H,1-2H2;/q;;;;+1/p-1. The number of carboxylic acids is 2. The van der Waals surface area contributed by atoms with Crippen LogP contribution in [0.4, 0.5) is 0 Å². The minimum Gasteiger partial charge on any atom is -0.747 e. The Morgan fingerprint density at radius 2 is 1.25 bits per heavy atom. The van der Waals surface area contributed by atoms with Gasteiger partial charge >= 0.3 is 53.4 Å². The summed E-state index contributed by atoms with van der Waals surface area (Å²) in [6.07, 6.45) is -0.821. The summed E-state index contributed by atoms with van der Waals surface area (Å²) in [7, 11) is -4.93. The molecular weight excluding hydrogens is 575 g/mol. The molecule has 1 unspecified atom stereocenters. The molecule has 1 aromatic carbocycles. The van der Waals surface area contributed by atoms with Gasteiger partial charge in [0.2, 0.25) is 0 Å². The second-order valence-electron chi connectivity index (χ2n) is 6.44. The van der Waals surface area contributed by atoms with Gasteiger partial charge in [0.05, 0.1) is 70.4 Å². The van der Waals surface area contributed by atoms with E-state index >= 15 is 0 Å². The van der Waals surface area contributed by atoms with Crippen molar-refractivity contribution in [2.75, 3.05) is 52.9 Å². The van der Waals surface area contributed by atoms with E-state index in [4.69, 9.17) is 30.6 Å². The number of rotatable bonds is 13. The van der Waals surface area contributed by atoms with Crippen molar-refractivity contribution < 1.29 is 107 Å². The molecule has 0 fully saturated rings. The minimum atomic E-state index is -4.93. The maximum absolute atomic E-state index is 11.1. The van der Waals surface area contributed by atoms with Gasteiger partial charge in [0.25, 0.3) is 0 Å². The van der Waals surface area contributed by atoms with E-state index in [1.165, 1.54) is 32.0 Å². The van der Waals surface area contributed by atoms with E-state index in [-0.39, 0.29) is 80.3 Å². The SMILES string of the molecule is CCOC(=O)CC(C(=O)OCC)S(=O)(=O)[O-].O=C(O)c1cccc(C(=O)O)c1.OCCO.OCCOCCO.[Na+]. The first kappa shape index (κ1) is 44.8. The van der Waals surface area contributed by atoms with Gasteiger partial charge in [0.1, 0.15) is 10.1 Å². The third kappa shape index (κ3) is 26.1. The zero-order chi connectivity index (χ0) is 30.9. The van der Waals surface area contributed by atoms with Crippen LogP contribution < -0.4 is 29.6 Å². The van der Waals surface area contributed by atoms with E-state index in [0.717, 1.165) is 6.07 Å². The summed E-state index contributed by atoms with van der Waals surface area (Å²) in [5.74, 6) is -4.42. The maximum atomic E-state index is 11.1. The van der Waals surface area contributed by atoms with Crippen LogP contribution in [0.15, 0.2) is 24.3 Å². The zero-order valence-corrected chi connectivity index (χ0v) is 25.2. The number of hydrogen-bond donors (Lipinski definition) is 6. The molecule has 18 heteroatoms. The van der Waals surface area contributed by atoms with Crippen molar-refractivity contribution in [2.24, 2.45) is 0 Å². The summed E-state index contributed by atoms with van der Waals surface area (Å²) >= 11 is 0. The molecule has 0 amide bonds. The first-order valence-electron chi connectivity index (χ1n) is 11.1. The van der Waals surface area contributed by atoms with Crippen LogP contribution in [-0.4, -0.2) is 126 Å². The van der Waals surface area contributed by atoms with E-state index in [1.54, 1.807) is 0 Å². The Labute approximate surface area is 253 Å². The second kappa shape index (κ2) is 28.3. The van der Waals surface area contributed by atoms with Gasteiger partial charge in [0.15, 0.2) is 5.25 Å². The Balaban J connectivity index is -0.000000237. The topological polar surface area (TPSA) is 275 Å². The molecule has 0 saturated heterocycles. The van der Waals surface area contributed by atoms with Crippen LogP contribution in [0.3, 0.4) is 0 Å². The molecule has 6 N–H and O–H groups in total. The molecule has 0 aliphatic heterocycles. The monoisotopic (exact) mass is 610 g/mol. The van der Waals surface area contributed by atoms with E-state index in [2.05, 4.69) is 14.2 Å². The molecule has 0 saturated carbocycles. The van der Waals surface area contributed by atoms with Crippen LogP contribution >= 0.6 is 0 Å². The number of aliphatic hydroxyl groups excluding tert-OH is 4. The smallest absolute Gasteiger partial charge is 0.747 e. The molecule has 0 spiro atoms. The molecule has 0 radical (unpaired) electrons. The fourth-order valence-corrected chi connectivity index (χ4v) is 2.57. The Hall–Kier alpha value is -2.19. The number of carboxylic acid groups (broad SMARTS) is 2. The van der Waals surface area contributed by atoms with Crippen LogP contribution in [0.2, 0.25) is 0 Å². The Kier molecular flexibility index (Phi) is 31.8. The van der Waals surface area contributed by atoms with Crippen LogP contribution in [0, 0.1) is 0 Å². The molecule has 226 valence electrons. The van der Waals surface area contributed by atoms with Gasteiger partial charge in [0, 0.05) is 0 Å². The number of esters is 2. The fraction of sp³-hybridized carbons (Fsp3) is 0.545. The molecule has 0 bridgehead atoms. The van der Waals surface area contributed by atoms with Gasteiger partial charge in [-0.25, -0.2) is 18.0 Å². The number of benzene rings is 1. The molecule has 0 aromatic heterocycles. The van der Waals surface area contributed by atoms with Crippen molar-refractivity contribution in [2.45, 2.75) is 25.5 Å². The van der Waals surface area contributed by atoms with Crippen molar-refractivity contribution >= 4 is 34.0 Å². The molecule has 1 aromatic rings. The first-order valence-corrected chi connectivity index (χ1v) is 12.6. The van der Waals surface area contributed by atoms with Crippen molar-refractivity contribution in [3.8, 4) is 0 Å². The molecule has 40 heavy (non-hydrogen) atoms. The van der Waals surface area contributed by atoms with Gasteiger partial charge in [-0.1, -0.05) is 6.07 Å². The van der Waals surface area contributed by atoms with Crippen molar-refractivity contribution in [1.29, 1.82) is 0 Å². The first-order chi connectivity index (χ1) is 18.3. The fourth-order valence-electron chi connectivity index (χ4n) is 1.93. The largest absolute Gasteiger partial charge is 1.00 e. The van der Waals surface area contributed by atoms with Gasteiger partial charge < -0.3 is 49.4 Å². The summed E-state index contributed by atoms with van der Waals surface area (Å²) in [5.41, 5.74) is -0.0372. The normalized spacial score (nSPS) is 10.4. The number of aliphatic hydroxyl groups is 4. The summed E-state index contributed by atoms with van der Waals surface area (Å²) in [6, 6.07) is 5.20. The number of ether oxygens (including phenoxy) is 3. The zero-order valence-electron chi connectivity index (χ0n) is 22.4. The van der Waals surface area contributed by atoms with Crippen LogP contribution in [-0.2, 0) is 33.9 Å². The number of carbonyl (C=O) groups is 4. The van der Waals surface area contributed by atoms with E-state index in [1.807, 2.05) is 0 Å². The third-order valence-corrected chi connectivity index (χ3v) is 4.54. The van der Waals surface area contributed by atoms with Gasteiger partial charge in [-0.3, -0.25) is 9.59 Å². The number of hydrogen-bond acceptors (Lipinski definition) is 14. The number of aromatic carboxylic acids is 2. The minimum absolute atomic E-state index is 0. The molecule has 0 aliphatic carbocycles. The molecular formula is C22H35NaO16S. The summed E-state index contributed by atoms with van der Waals surface area (Å²) < 4.78 is 45.6. The van der Waals surface area contributed by atoms with Crippen molar-refractivity contribution in [1.82, 2.24) is 0 Å². The van der Waals surface area contributed by atoms with E-state index < -0.39 is 45.7 Å². The van der Waals surface area contributed by atoms with Crippen LogP contribution in [0.5, 0.6) is 0 Å². The van der Waals surface area contributed by atoms with Crippen molar-refractivity contribution in [3.05, 3.63) is 35.4 Å². The van der Waals surface area contributed by atoms with E-state index in [0.29, 0.717) is 13.2 Å². The van der Waals surface area contributed by atoms with Gasteiger partial charge in [-0.05, 0) is 32.0 Å². The average molecular weight is 611 g/mol. The predicted octanol–water partition coefficient (Wildman–Crippen LogP) is -4.54. The number of carbonyl (C=O) groups excluding carboxylic acids is 2. The molecule has 16 nitrogen and oxygen atoms in total. The Bertz CT molecular complexity index is 903. The molecule has 0 heterocycles. The molecule has 0 aliphatic rings. The second-order valence-corrected chi connectivity index (χ2v) is 8.00. The summed E-state index contributed by atoms with van der Waals surface area (Å²) in [5, 5.41) is 46.4. The third-order valence-electron chi connectivity index (χ3n) is 3.48. The Morgan fingerprint density at radius 3 is 1.55 bits per heavy atom. The summed E-state index contributed by atoms with van der Waals surface area (Å²) in [6.45, 7) is 3.38. The molecule has 1 rings (SSSR count). The molecule has 1 atom stereocenters. The Morgan fingerprint density at radius 1 is 0.825 bits per heavy atom. The average Bonchev–Trinajstić information content (AvgIpc) is 2.88. The predicted molar refractivity (Wildman–Crippen MR) is 131 cm³/mol. The van der Waals surface area contributed by atoms with E-state index in [9.17, 15) is 32.1 Å². The van der Waals surface area contributed by atoms with Crippen LogP contribution in [0.25, 0.3) is 0 Å². The maximum Gasteiger partial charge on any atom is 1.00 e. The van der Waals surface area contributed by atoms with Gasteiger partial charge in [-0.2, -0.15) is 0 Å².